The minimum Gasteiger partial charge on any atom is -0.346 e. The zero-order valence-corrected chi connectivity index (χ0v) is 12.2. The first-order valence-corrected chi connectivity index (χ1v) is 7.65. The SMILES string of the molecule is CCc1ccc(C(=O)C(=O)NC2CCCCCC2)cc1. The highest BCUT2D eigenvalue weighted by molar-refractivity contribution is 6.42. The highest BCUT2D eigenvalue weighted by Gasteiger charge is 2.20. The molecular weight excluding hydrogens is 250 g/mol. The lowest BCUT2D eigenvalue weighted by molar-refractivity contribution is -0.117. The first-order valence-electron chi connectivity index (χ1n) is 7.65. The molecule has 1 aliphatic carbocycles. The third kappa shape index (κ3) is 3.92. The largest absolute Gasteiger partial charge is 0.346 e. The zero-order valence-electron chi connectivity index (χ0n) is 12.2. The summed E-state index contributed by atoms with van der Waals surface area (Å²) in [5, 5.41) is 2.90. The van der Waals surface area contributed by atoms with Gasteiger partial charge in [0.2, 0.25) is 5.78 Å². The predicted molar refractivity (Wildman–Crippen MR) is 79.8 cm³/mol. The van der Waals surface area contributed by atoms with Gasteiger partial charge in [0.25, 0.3) is 5.91 Å². The Kier molecular flexibility index (Phi) is 5.33. The van der Waals surface area contributed by atoms with Crippen LogP contribution < -0.4 is 5.32 Å². The molecule has 0 saturated heterocycles. The summed E-state index contributed by atoms with van der Waals surface area (Å²) in [5.74, 6) is -0.877. The normalized spacial score (nSPS) is 16.4. The van der Waals surface area contributed by atoms with Gasteiger partial charge in [-0.25, -0.2) is 0 Å². The number of nitrogens with one attached hydrogen (secondary N) is 1. The molecule has 1 aromatic carbocycles. The molecule has 3 heteroatoms. The molecule has 1 amide bonds. The van der Waals surface area contributed by atoms with Gasteiger partial charge in [-0.15, -0.1) is 0 Å². The average molecular weight is 273 g/mol. The van der Waals surface area contributed by atoms with Crippen LogP contribution in [0, 0.1) is 0 Å². The molecule has 1 fully saturated rings. The van der Waals surface area contributed by atoms with E-state index < -0.39 is 11.7 Å². The zero-order chi connectivity index (χ0) is 14.4. The molecule has 0 spiro atoms. The number of carbonyl (C=O) groups excluding carboxylic acids is 2. The van der Waals surface area contributed by atoms with Crippen molar-refractivity contribution >= 4 is 11.7 Å². The Morgan fingerprint density at radius 1 is 1.05 bits per heavy atom. The van der Waals surface area contributed by atoms with Crippen molar-refractivity contribution in [2.24, 2.45) is 0 Å². The van der Waals surface area contributed by atoms with Crippen molar-refractivity contribution in [1.82, 2.24) is 5.32 Å². The van der Waals surface area contributed by atoms with Gasteiger partial charge in [0.05, 0.1) is 0 Å². The summed E-state index contributed by atoms with van der Waals surface area (Å²) in [6.07, 6.45) is 7.68. The van der Waals surface area contributed by atoms with E-state index in [-0.39, 0.29) is 6.04 Å². The van der Waals surface area contributed by atoms with E-state index >= 15 is 0 Å². The second kappa shape index (κ2) is 7.22. The van der Waals surface area contributed by atoms with E-state index in [1.165, 1.54) is 18.4 Å². The fraction of sp³-hybridized carbons (Fsp3) is 0.529. The van der Waals surface area contributed by atoms with Gasteiger partial charge in [0.1, 0.15) is 0 Å². The van der Waals surface area contributed by atoms with Crippen LogP contribution in [-0.2, 0) is 11.2 Å². The third-order valence-electron chi connectivity index (χ3n) is 4.02. The fourth-order valence-corrected chi connectivity index (χ4v) is 2.70. The van der Waals surface area contributed by atoms with E-state index in [9.17, 15) is 9.59 Å². The molecule has 1 aliphatic rings. The molecule has 108 valence electrons. The molecule has 20 heavy (non-hydrogen) atoms. The molecule has 2 rings (SSSR count). The first-order chi connectivity index (χ1) is 9.70. The number of carbonyl (C=O) groups is 2. The highest BCUT2D eigenvalue weighted by Crippen LogP contribution is 2.17. The molecule has 3 nitrogen and oxygen atoms in total. The maximum atomic E-state index is 12.1. The third-order valence-corrected chi connectivity index (χ3v) is 4.02. The first kappa shape index (κ1) is 14.8. The Labute approximate surface area is 120 Å². The van der Waals surface area contributed by atoms with Gasteiger partial charge in [0, 0.05) is 11.6 Å². The van der Waals surface area contributed by atoms with Crippen LogP contribution in [0.2, 0.25) is 0 Å². The number of hydrogen-bond donors (Lipinski definition) is 1. The van der Waals surface area contributed by atoms with Gasteiger partial charge in [-0.1, -0.05) is 56.9 Å². The number of amides is 1. The molecule has 0 aromatic heterocycles. The molecule has 1 N–H and O–H groups in total. The number of hydrogen-bond acceptors (Lipinski definition) is 2. The van der Waals surface area contributed by atoms with Gasteiger partial charge in [0.15, 0.2) is 0 Å². The Bertz CT molecular complexity index is 456. The van der Waals surface area contributed by atoms with Gasteiger partial charge in [-0.3, -0.25) is 9.59 Å². The van der Waals surface area contributed by atoms with Gasteiger partial charge >= 0.3 is 0 Å². The Morgan fingerprint density at radius 3 is 2.20 bits per heavy atom. The van der Waals surface area contributed by atoms with Crippen molar-refractivity contribution in [2.75, 3.05) is 0 Å². The lowest BCUT2D eigenvalue weighted by atomic mass is 10.0. The number of benzene rings is 1. The quantitative estimate of drug-likeness (QED) is 0.520. The van der Waals surface area contributed by atoms with Crippen molar-refractivity contribution in [1.29, 1.82) is 0 Å². The van der Waals surface area contributed by atoms with Crippen LogP contribution in [0.1, 0.15) is 61.4 Å². The van der Waals surface area contributed by atoms with E-state index in [0.29, 0.717) is 5.56 Å². The van der Waals surface area contributed by atoms with E-state index in [0.717, 1.165) is 32.1 Å². The topological polar surface area (TPSA) is 46.2 Å². The number of ketones is 1. The average Bonchev–Trinajstić information content (AvgIpc) is 2.75. The maximum absolute atomic E-state index is 12.1. The number of aryl methyl sites for hydroxylation is 1. The summed E-state index contributed by atoms with van der Waals surface area (Å²) in [4.78, 5) is 24.1. The molecule has 0 bridgehead atoms. The van der Waals surface area contributed by atoms with Gasteiger partial charge in [-0.2, -0.15) is 0 Å². The fourth-order valence-electron chi connectivity index (χ4n) is 2.70. The summed E-state index contributed by atoms with van der Waals surface area (Å²) in [7, 11) is 0. The molecule has 0 unspecified atom stereocenters. The smallest absolute Gasteiger partial charge is 0.292 e. The van der Waals surface area contributed by atoms with Crippen molar-refractivity contribution in [3.05, 3.63) is 35.4 Å². The minimum atomic E-state index is -0.457. The van der Waals surface area contributed by atoms with Crippen molar-refractivity contribution in [2.45, 2.75) is 57.9 Å². The lowest BCUT2D eigenvalue weighted by Crippen LogP contribution is -2.39. The van der Waals surface area contributed by atoms with Crippen molar-refractivity contribution < 1.29 is 9.59 Å². The summed E-state index contributed by atoms with van der Waals surface area (Å²) in [6.45, 7) is 2.07. The van der Waals surface area contributed by atoms with E-state index in [1.54, 1.807) is 12.1 Å². The molecule has 1 saturated carbocycles. The molecule has 0 radical (unpaired) electrons. The monoisotopic (exact) mass is 273 g/mol. The van der Waals surface area contributed by atoms with Crippen molar-refractivity contribution in [3.63, 3.8) is 0 Å². The summed E-state index contributed by atoms with van der Waals surface area (Å²) < 4.78 is 0. The summed E-state index contributed by atoms with van der Waals surface area (Å²) in [5.41, 5.74) is 1.65. The molecule has 0 heterocycles. The standard InChI is InChI=1S/C17H23NO2/c1-2-13-9-11-14(12-10-13)16(19)17(20)18-15-7-5-3-4-6-8-15/h9-12,15H,2-8H2,1H3,(H,18,20). The second-order valence-electron chi connectivity index (χ2n) is 5.54. The Balaban J connectivity index is 1.94. The van der Waals surface area contributed by atoms with Crippen molar-refractivity contribution in [3.8, 4) is 0 Å². The highest BCUT2D eigenvalue weighted by atomic mass is 16.2. The number of Topliss-reactive ketones (excluding diaryl/α,β-unsaturated/α-hetero) is 1. The molecule has 0 aliphatic heterocycles. The van der Waals surface area contributed by atoms with Crippen LogP contribution in [0.15, 0.2) is 24.3 Å². The van der Waals surface area contributed by atoms with Gasteiger partial charge < -0.3 is 5.32 Å². The molecular formula is C17H23NO2. The van der Waals surface area contributed by atoms with Gasteiger partial charge in [-0.05, 0) is 24.8 Å². The summed E-state index contributed by atoms with van der Waals surface area (Å²) >= 11 is 0. The predicted octanol–water partition coefficient (Wildman–Crippen LogP) is 3.27. The van der Waals surface area contributed by atoms with E-state index in [1.807, 2.05) is 12.1 Å². The molecule has 0 atom stereocenters. The van der Waals surface area contributed by atoms with Crippen LogP contribution >= 0.6 is 0 Å². The second-order valence-corrected chi connectivity index (χ2v) is 5.54. The maximum Gasteiger partial charge on any atom is 0.292 e. The van der Waals surface area contributed by atoms with Crippen LogP contribution in [-0.4, -0.2) is 17.7 Å². The van der Waals surface area contributed by atoms with Crippen LogP contribution in [0.5, 0.6) is 0 Å². The van der Waals surface area contributed by atoms with Crippen LogP contribution in [0.25, 0.3) is 0 Å². The Morgan fingerprint density at radius 2 is 1.65 bits per heavy atom. The molecule has 1 aromatic rings. The van der Waals surface area contributed by atoms with E-state index in [2.05, 4.69) is 12.2 Å². The van der Waals surface area contributed by atoms with E-state index in [4.69, 9.17) is 0 Å². The number of rotatable bonds is 4. The minimum absolute atomic E-state index is 0.170. The van der Waals surface area contributed by atoms with Crippen LogP contribution in [0.4, 0.5) is 0 Å². The Hall–Kier alpha value is -1.64. The van der Waals surface area contributed by atoms with Crippen LogP contribution in [0.3, 0.4) is 0 Å². The lowest BCUT2D eigenvalue weighted by Gasteiger charge is -2.15. The summed E-state index contributed by atoms with van der Waals surface area (Å²) in [6, 6.07) is 7.48.